The maximum absolute atomic E-state index is 13.4. The van der Waals surface area contributed by atoms with E-state index in [1.54, 1.807) is 24.3 Å². The van der Waals surface area contributed by atoms with Crippen LogP contribution in [0.3, 0.4) is 0 Å². The highest BCUT2D eigenvalue weighted by Crippen LogP contribution is 2.45. The van der Waals surface area contributed by atoms with Crippen LogP contribution in [0.4, 0.5) is 16.2 Å². The molecule has 3 heterocycles. The Kier molecular flexibility index (Phi) is 5.77. The van der Waals surface area contributed by atoms with Crippen molar-refractivity contribution >= 4 is 35.3 Å². The summed E-state index contributed by atoms with van der Waals surface area (Å²) in [5, 5.41) is 2.30. The molecule has 1 atom stereocenters. The monoisotopic (exact) mass is 489 g/mol. The van der Waals surface area contributed by atoms with E-state index in [-0.39, 0.29) is 17.9 Å². The zero-order valence-electron chi connectivity index (χ0n) is 21.3. The maximum atomic E-state index is 13.4. The summed E-state index contributed by atoms with van der Waals surface area (Å²) in [5.41, 5.74) is 4.40. The van der Waals surface area contributed by atoms with Gasteiger partial charge < -0.3 is 14.4 Å². The summed E-state index contributed by atoms with van der Waals surface area (Å²) >= 11 is 0. The van der Waals surface area contributed by atoms with Crippen molar-refractivity contribution in [2.45, 2.75) is 58.9 Å². The Balaban J connectivity index is 1.54. The number of carbonyl (C=O) groups excluding carboxylic acids is 3. The van der Waals surface area contributed by atoms with E-state index in [1.165, 1.54) is 11.3 Å². The van der Waals surface area contributed by atoms with Gasteiger partial charge in [-0.15, -0.1) is 0 Å². The van der Waals surface area contributed by atoms with Crippen molar-refractivity contribution in [2.75, 3.05) is 23.1 Å². The number of benzene rings is 2. The molecule has 0 saturated carbocycles. The first-order valence-corrected chi connectivity index (χ1v) is 12.3. The molecule has 3 aliphatic rings. The number of carbonyl (C=O) groups is 3. The van der Waals surface area contributed by atoms with E-state index in [0.29, 0.717) is 23.1 Å². The number of nitrogens with one attached hydrogen (secondary N) is 1. The molecule has 4 amide bonds. The number of imide groups is 2. The smallest absolute Gasteiger partial charge is 0.335 e. The van der Waals surface area contributed by atoms with Crippen LogP contribution in [0.5, 0.6) is 11.5 Å². The predicted octanol–water partition coefficient (Wildman–Crippen LogP) is 4.89. The van der Waals surface area contributed by atoms with Crippen molar-refractivity contribution in [3.05, 3.63) is 52.6 Å². The normalized spacial score (nSPS) is 21.6. The largest absolute Gasteiger partial charge is 0.454 e. The number of hydrogen-bond acceptors (Lipinski definition) is 6. The number of barbiturate groups is 1. The lowest BCUT2D eigenvalue weighted by Crippen LogP contribution is -2.54. The fraction of sp³-hybridized carbons (Fsp3) is 0.393. The van der Waals surface area contributed by atoms with Crippen molar-refractivity contribution in [3.63, 3.8) is 0 Å². The summed E-state index contributed by atoms with van der Waals surface area (Å²) in [7, 11) is 0. The number of hydrogen-bond donors (Lipinski definition) is 1. The van der Waals surface area contributed by atoms with Gasteiger partial charge in [-0.2, -0.15) is 0 Å². The fourth-order valence-electron chi connectivity index (χ4n) is 5.53. The van der Waals surface area contributed by atoms with Crippen LogP contribution in [-0.4, -0.2) is 36.7 Å². The Hall–Kier alpha value is -3.81. The highest BCUT2D eigenvalue weighted by Gasteiger charge is 2.39. The van der Waals surface area contributed by atoms with Crippen LogP contribution in [0.1, 0.15) is 63.1 Å². The predicted molar refractivity (Wildman–Crippen MR) is 137 cm³/mol. The van der Waals surface area contributed by atoms with Crippen molar-refractivity contribution in [2.24, 2.45) is 0 Å². The first-order chi connectivity index (χ1) is 17.1. The first kappa shape index (κ1) is 23.9. The first-order valence-electron chi connectivity index (χ1n) is 12.3. The van der Waals surface area contributed by atoms with Crippen molar-refractivity contribution in [3.8, 4) is 11.5 Å². The summed E-state index contributed by atoms with van der Waals surface area (Å²) in [6.07, 6.45) is 3.64. The molecule has 8 heteroatoms. The molecule has 1 N–H and O–H groups in total. The lowest BCUT2D eigenvalue weighted by molar-refractivity contribution is -0.122. The lowest BCUT2D eigenvalue weighted by Gasteiger charge is -2.48. The van der Waals surface area contributed by atoms with E-state index >= 15 is 0 Å². The van der Waals surface area contributed by atoms with Crippen LogP contribution >= 0.6 is 0 Å². The maximum Gasteiger partial charge on any atom is 0.335 e. The molecule has 1 saturated heterocycles. The van der Waals surface area contributed by atoms with Gasteiger partial charge in [-0.1, -0.05) is 13.8 Å². The summed E-state index contributed by atoms with van der Waals surface area (Å²) in [5.74, 6) is -0.0879. The number of rotatable bonds is 4. The van der Waals surface area contributed by atoms with Gasteiger partial charge in [0.15, 0.2) is 11.5 Å². The third kappa shape index (κ3) is 3.90. The quantitative estimate of drug-likeness (QED) is 0.486. The van der Waals surface area contributed by atoms with Gasteiger partial charge in [0.05, 0.1) is 5.69 Å². The number of aryl methyl sites for hydroxylation is 1. The van der Waals surface area contributed by atoms with E-state index < -0.39 is 17.8 Å². The second kappa shape index (κ2) is 8.69. The van der Waals surface area contributed by atoms with Crippen LogP contribution in [0, 0.1) is 6.92 Å². The zero-order valence-corrected chi connectivity index (χ0v) is 21.3. The number of urea groups is 1. The molecule has 0 aromatic heterocycles. The molecular weight excluding hydrogens is 458 g/mol. The van der Waals surface area contributed by atoms with Gasteiger partial charge in [0.1, 0.15) is 5.57 Å². The van der Waals surface area contributed by atoms with Crippen LogP contribution in [0.2, 0.25) is 0 Å². The molecule has 36 heavy (non-hydrogen) atoms. The highest BCUT2D eigenvalue weighted by atomic mass is 16.7. The molecule has 2 aromatic carbocycles. The second-order valence-corrected chi connectivity index (χ2v) is 10.3. The van der Waals surface area contributed by atoms with Crippen molar-refractivity contribution in [1.82, 2.24) is 5.32 Å². The molecule has 0 radical (unpaired) electrons. The minimum Gasteiger partial charge on any atom is -0.454 e. The minimum atomic E-state index is -0.797. The van der Waals surface area contributed by atoms with Gasteiger partial charge in [-0.05, 0) is 86.6 Å². The van der Waals surface area contributed by atoms with Crippen LogP contribution in [-0.2, 0) is 9.59 Å². The third-order valence-electron chi connectivity index (χ3n) is 7.24. The Morgan fingerprint density at radius 3 is 2.61 bits per heavy atom. The second-order valence-electron chi connectivity index (χ2n) is 10.3. The fourth-order valence-corrected chi connectivity index (χ4v) is 5.53. The molecule has 3 aliphatic heterocycles. The molecule has 5 rings (SSSR count). The van der Waals surface area contributed by atoms with Gasteiger partial charge >= 0.3 is 6.03 Å². The number of amides is 4. The lowest BCUT2D eigenvalue weighted by atomic mass is 9.78. The molecular formula is C28H31N3O5. The van der Waals surface area contributed by atoms with E-state index in [1.807, 2.05) is 6.92 Å². The van der Waals surface area contributed by atoms with Gasteiger partial charge in [0, 0.05) is 23.8 Å². The van der Waals surface area contributed by atoms with Crippen LogP contribution in [0.15, 0.2) is 35.9 Å². The van der Waals surface area contributed by atoms with Gasteiger partial charge in [-0.25, -0.2) is 9.69 Å². The van der Waals surface area contributed by atoms with Gasteiger partial charge in [-0.3, -0.25) is 14.9 Å². The topological polar surface area (TPSA) is 88.2 Å². The van der Waals surface area contributed by atoms with Gasteiger partial charge in [0.2, 0.25) is 6.79 Å². The average molecular weight is 490 g/mol. The number of fused-ring (bicyclic) bond motifs is 2. The molecule has 2 aromatic rings. The molecule has 1 unspecified atom stereocenters. The molecule has 1 fully saturated rings. The SMILES string of the molecule is CCCN1c2cc(C)c(/C=C3/C(=O)NC(=O)N(c4ccc5c(c4)OCO5)C3=O)cc2C(C)CC1(C)C. The molecule has 0 spiro atoms. The van der Waals surface area contributed by atoms with Gasteiger partial charge in [0.25, 0.3) is 11.8 Å². The van der Waals surface area contributed by atoms with E-state index in [9.17, 15) is 14.4 Å². The standard InChI is InChI=1S/C28H31N3O5/c1-6-9-30-22-10-16(2)18(11-20(22)17(3)14-28(30,4)5)12-21-25(32)29-27(34)31(26(21)33)19-7-8-23-24(13-19)36-15-35-23/h7-8,10-13,17H,6,9,14-15H2,1-5H3,(H,29,32,34)/b21-12-. The molecule has 0 aliphatic carbocycles. The van der Waals surface area contributed by atoms with Crippen LogP contribution in [0.25, 0.3) is 6.08 Å². The minimum absolute atomic E-state index is 0.0412. The zero-order chi connectivity index (χ0) is 25.8. The number of nitrogens with zero attached hydrogens (tertiary/aromatic N) is 2. The van der Waals surface area contributed by atoms with Crippen molar-refractivity contribution < 1.29 is 23.9 Å². The molecule has 188 valence electrons. The number of anilines is 2. The summed E-state index contributed by atoms with van der Waals surface area (Å²) in [6.45, 7) is 12.0. The number of ether oxygens (including phenoxy) is 2. The third-order valence-corrected chi connectivity index (χ3v) is 7.24. The van der Waals surface area contributed by atoms with Crippen molar-refractivity contribution in [1.29, 1.82) is 0 Å². The Labute approximate surface area is 210 Å². The molecule has 8 nitrogen and oxygen atoms in total. The summed E-state index contributed by atoms with van der Waals surface area (Å²) in [4.78, 5) is 42.3. The van der Waals surface area contributed by atoms with Crippen LogP contribution < -0.4 is 24.6 Å². The highest BCUT2D eigenvalue weighted by molar-refractivity contribution is 6.39. The van der Waals surface area contributed by atoms with E-state index in [0.717, 1.165) is 35.4 Å². The molecule has 0 bridgehead atoms. The Bertz CT molecular complexity index is 1310. The average Bonchev–Trinajstić information content (AvgIpc) is 3.27. The Morgan fingerprint density at radius 2 is 1.86 bits per heavy atom. The Morgan fingerprint density at radius 1 is 1.11 bits per heavy atom. The van der Waals surface area contributed by atoms with E-state index in [4.69, 9.17) is 9.47 Å². The summed E-state index contributed by atoms with van der Waals surface area (Å²) in [6, 6.07) is 8.23. The summed E-state index contributed by atoms with van der Waals surface area (Å²) < 4.78 is 10.7. The van der Waals surface area contributed by atoms with E-state index in [2.05, 4.69) is 50.0 Å².